The summed E-state index contributed by atoms with van der Waals surface area (Å²) in [5, 5.41) is 3.26. The van der Waals surface area contributed by atoms with Gasteiger partial charge in [-0.25, -0.2) is 4.98 Å². The van der Waals surface area contributed by atoms with Crippen LogP contribution < -0.4 is 11.1 Å². The van der Waals surface area contributed by atoms with E-state index in [1.54, 1.807) is 12.3 Å². The molecule has 4 N–H and O–H groups in total. The van der Waals surface area contributed by atoms with Gasteiger partial charge >= 0.3 is 0 Å². The number of rotatable bonds is 4. The molecule has 0 aliphatic heterocycles. The number of carbonyl (C=O) groups excluding carboxylic acids is 1. The molecule has 5 nitrogen and oxygen atoms in total. The molecule has 1 aromatic heterocycles. The first-order valence-corrected chi connectivity index (χ1v) is 5.71. The van der Waals surface area contributed by atoms with Gasteiger partial charge < -0.3 is 16.0 Å². The maximum absolute atomic E-state index is 11.2. The van der Waals surface area contributed by atoms with E-state index in [4.69, 9.17) is 5.73 Å². The summed E-state index contributed by atoms with van der Waals surface area (Å²) in [4.78, 5) is 18.5. The zero-order valence-electron chi connectivity index (χ0n) is 10.4. The van der Waals surface area contributed by atoms with Crippen LogP contribution in [0.5, 0.6) is 0 Å². The van der Waals surface area contributed by atoms with Crippen LogP contribution in [0.1, 0.15) is 27.4 Å². The molecule has 94 valence electrons. The van der Waals surface area contributed by atoms with E-state index in [1.165, 1.54) is 0 Å². The van der Waals surface area contributed by atoms with Crippen molar-refractivity contribution in [1.29, 1.82) is 0 Å². The first-order chi connectivity index (χ1) is 8.58. The Morgan fingerprint density at radius 1 is 1.44 bits per heavy atom. The zero-order chi connectivity index (χ0) is 13.1. The van der Waals surface area contributed by atoms with E-state index in [2.05, 4.69) is 15.3 Å². The van der Waals surface area contributed by atoms with Crippen molar-refractivity contribution in [2.24, 2.45) is 5.73 Å². The summed E-state index contributed by atoms with van der Waals surface area (Å²) in [6, 6.07) is 5.46. The average Bonchev–Trinajstić information content (AvgIpc) is 2.73. The van der Waals surface area contributed by atoms with Crippen LogP contribution in [-0.2, 0) is 6.54 Å². The van der Waals surface area contributed by atoms with Crippen LogP contribution in [0.25, 0.3) is 0 Å². The number of hydrogen-bond acceptors (Lipinski definition) is 3. The number of nitrogens with two attached hydrogens (primary N) is 1. The lowest BCUT2D eigenvalue weighted by atomic mass is 10.1. The van der Waals surface area contributed by atoms with Crippen LogP contribution in [0.15, 0.2) is 24.4 Å². The molecule has 0 aliphatic carbocycles. The van der Waals surface area contributed by atoms with E-state index in [9.17, 15) is 4.79 Å². The highest BCUT2D eigenvalue weighted by Crippen LogP contribution is 2.19. The quantitative estimate of drug-likeness (QED) is 0.766. The van der Waals surface area contributed by atoms with Crippen LogP contribution in [0.4, 0.5) is 5.69 Å². The highest BCUT2D eigenvalue weighted by Gasteiger charge is 2.08. The Kier molecular flexibility index (Phi) is 3.32. The molecule has 1 heterocycles. The molecule has 0 saturated heterocycles. The van der Waals surface area contributed by atoms with Crippen molar-refractivity contribution in [1.82, 2.24) is 9.97 Å². The normalized spacial score (nSPS) is 10.3. The van der Waals surface area contributed by atoms with Crippen molar-refractivity contribution in [3.05, 3.63) is 47.0 Å². The van der Waals surface area contributed by atoms with Crippen molar-refractivity contribution in [3.8, 4) is 0 Å². The Hall–Kier alpha value is -2.30. The Morgan fingerprint density at radius 3 is 2.83 bits per heavy atom. The lowest BCUT2D eigenvalue weighted by Crippen LogP contribution is -2.14. The number of benzene rings is 1. The fourth-order valence-corrected chi connectivity index (χ4v) is 1.85. The molecule has 1 amide bonds. The number of primary amides is 1. The van der Waals surface area contributed by atoms with Gasteiger partial charge in [0.05, 0.1) is 18.4 Å². The van der Waals surface area contributed by atoms with Gasteiger partial charge in [0, 0.05) is 11.3 Å². The molecular formula is C13H16N4O. The first-order valence-electron chi connectivity index (χ1n) is 5.71. The smallest absolute Gasteiger partial charge is 0.249 e. The molecule has 5 heteroatoms. The second kappa shape index (κ2) is 4.91. The topological polar surface area (TPSA) is 83.8 Å². The van der Waals surface area contributed by atoms with E-state index >= 15 is 0 Å². The van der Waals surface area contributed by atoms with Gasteiger partial charge in [0.25, 0.3) is 0 Å². The van der Waals surface area contributed by atoms with Crippen molar-refractivity contribution in [2.75, 3.05) is 5.32 Å². The minimum Gasteiger partial charge on any atom is -0.379 e. The second-order valence-corrected chi connectivity index (χ2v) is 4.19. The SMILES string of the molecule is Cc1ncc(CNc2cccc(C(N)=O)c2C)[nH]1. The number of anilines is 1. The molecule has 0 unspecified atom stereocenters. The van der Waals surface area contributed by atoms with Gasteiger partial charge in [0.2, 0.25) is 5.91 Å². The van der Waals surface area contributed by atoms with E-state index in [-0.39, 0.29) is 0 Å². The van der Waals surface area contributed by atoms with Gasteiger partial charge in [0.15, 0.2) is 0 Å². The van der Waals surface area contributed by atoms with Gasteiger partial charge in [-0.05, 0) is 31.5 Å². The highest BCUT2D eigenvalue weighted by atomic mass is 16.1. The monoisotopic (exact) mass is 244 g/mol. The molecule has 0 radical (unpaired) electrons. The number of imidazole rings is 1. The Morgan fingerprint density at radius 2 is 2.22 bits per heavy atom. The van der Waals surface area contributed by atoms with Crippen LogP contribution in [0.2, 0.25) is 0 Å². The summed E-state index contributed by atoms with van der Waals surface area (Å²) in [7, 11) is 0. The van der Waals surface area contributed by atoms with E-state index < -0.39 is 5.91 Å². The van der Waals surface area contributed by atoms with Gasteiger partial charge in [-0.3, -0.25) is 4.79 Å². The number of carbonyl (C=O) groups is 1. The third-order valence-corrected chi connectivity index (χ3v) is 2.82. The molecule has 18 heavy (non-hydrogen) atoms. The van der Waals surface area contributed by atoms with E-state index in [1.807, 2.05) is 26.0 Å². The summed E-state index contributed by atoms with van der Waals surface area (Å²) >= 11 is 0. The average molecular weight is 244 g/mol. The maximum atomic E-state index is 11.2. The van der Waals surface area contributed by atoms with Gasteiger partial charge in [-0.2, -0.15) is 0 Å². The van der Waals surface area contributed by atoms with E-state index in [0.717, 1.165) is 22.8 Å². The Labute approximate surface area is 105 Å². The molecule has 0 saturated carbocycles. The third-order valence-electron chi connectivity index (χ3n) is 2.82. The standard InChI is InChI=1S/C13H16N4O/c1-8-11(13(14)18)4-3-5-12(8)16-7-10-6-15-9(2)17-10/h3-6,16H,7H2,1-2H3,(H2,14,18)(H,15,17). The second-order valence-electron chi connectivity index (χ2n) is 4.19. The number of hydrogen-bond donors (Lipinski definition) is 3. The molecule has 0 spiro atoms. The summed E-state index contributed by atoms with van der Waals surface area (Å²) < 4.78 is 0. The summed E-state index contributed by atoms with van der Waals surface area (Å²) in [6.45, 7) is 4.41. The summed E-state index contributed by atoms with van der Waals surface area (Å²) in [5.74, 6) is 0.475. The number of amides is 1. The Balaban J connectivity index is 2.14. The minimum atomic E-state index is -0.409. The lowest BCUT2D eigenvalue weighted by molar-refractivity contribution is 0.1000. The van der Waals surface area contributed by atoms with Crippen LogP contribution in [0, 0.1) is 13.8 Å². The molecular weight excluding hydrogens is 228 g/mol. The van der Waals surface area contributed by atoms with E-state index in [0.29, 0.717) is 12.1 Å². The molecule has 2 aromatic rings. The van der Waals surface area contributed by atoms with Crippen molar-refractivity contribution >= 4 is 11.6 Å². The Bertz CT molecular complexity index is 574. The molecule has 0 bridgehead atoms. The molecule has 0 atom stereocenters. The van der Waals surface area contributed by atoms with Crippen LogP contribution in [0.3, 0.4) is 0 Å². The molecule has 2 rings (SSSR count). The minimum absolute atomic E-state index is 0.409. The number of aromatic nitrogens is 2. The zero-order valence-corrected chi connectivity index (χ0v) is 10.4. The van der Waals surface area contributed by atoms with Crippen molar-refractivity contribution < 1.29 is 4.79 Å². The number of nitrogens with zero attached hydrogens (tertiary/aromatic N) is 1. The molecule has 0 aliphatic rings. The molecule has 1 aromatic carbocycles. The van der Waals surface area contributed by atoms with Gasteiger partial charge in [0.1, 0.15) is 5.82 Å². The fraction of sp³-hybridized carbons (Fsp3) is 0.231. The fourth-order valence-electron chi connectivity index (χ4n) is 1.85. The number of nitrogens with one attached hydrogen (secondary N) is 2. The lowest BCUT2D eigenvalue weighted by Gasteiger charge is -2.10. The van der Waals surface area contributed by atoms with Crippen molar-refractivity contribution in [2.45, 2.75) is 20.4 Å². The number of H-pyrrole nitrogens is 1. The third kappa shape index (κ3) is 2.51. The van der Waals surface area contributed by atoms with Gasteiger partial charge in [-0.1, -0.05) is 6.07 Å². The largest absolute Gasteiger partial charge is 0.379 e. The maximum Gasteiger partial charge on any atom is 0.249 e. The van der Waals surface area contributed by atoms with Gasteiger partial charge in [-0.15, -0.1) is 0 Å². The highest BCUT2D eigenvalue weighted by molar-refractivity contribution is 5.95. The number of aryl methyl sites for hydroxylation is 1. The van der Waals surface area contributed by atoms with Crippen molar-refractivity contribution in [3.63, 3.8) is 0 Å². The predicted molar refractivity (Wildman–Crippen MR) is 70.3 cm³/mol. The number of aromatic amines is 1. The predicted octanol–water partition coefficient (Wildman–Crippen LogP) is 1.74. The van der Waals surface area contributed by atoms with Crippen LogP contribution in [-0.4, -0.2) is 15.9 Å². The first kappa shape index (κ1) is 12.2. The molecule has 0 fully saturated rings. The van der Waals surface area contributed by atoms with Crippen LogP contribution >= 0.6 is 0 Å². The summed E-state index contributed by atoms with van der Waals surface area (Å²) in [5.41, 5.74) is 8.61. The summed E-state index contributed by atoms with van der Waals surface area (Å²) in [6.07, 6.45) is 1.79.